The Morgan fingerprint density at radius 3 is 2.64 bits per heavy atom. The molecule has 1 saturated carbocycles. The number of likely N-dealkylation sites (tertiary alicyclic amines) is 1. The number of nitrogens with zero attached hydrogens (tertiary/aromatic N) is 6. The Bertz CT molecular complexity index is 1340. The predicted molar refractivity (Wildman–Crippen MR) is 134 cm³/mol. The number of nitriles is 1. The van der Waals surface area contributed by atoms with E-state index in [1.165, 1.54) is 12.8 Å². The van der Waals surface area contributed by atoms with Crippen LogP contribution >= 0.6 is 0 Å². The molecule has 186 valence electrons. The average molecular weight is 487 g/mol. The normalized spacial score (nSPS) is 17.7. The molecule has 10 nitrogen and oxygen atoms in total. The van der Waals surface area contributed by atoms with Crippen LogP contribution in [0.3, 0.4) is 0 Å². The minimum absolute atomic E-state index is 0.0320. The second-order valence-corrected chi connectivity index (χ2v) is 9.78. The Kier molecular flexibility index (Phi) is 6.55. The number of aromatic nitrogens is 5. The third kappa shape index (κ3) is 4.61. The van der Waals surface area contributed by atoms with Gasteiger partial charge in [-0.25, -0.2) is 15.0 Å². The number of H-pyrrole nitrogens is 1. The minimum Gasteiger partial charge on any atom is -0.344 e. The van der Waals surface area contributed by atoms with Crippen molar-refractivity contribution in [3.63, 3.8) is 0 Å². The summed E-state index contributed by atoms with van der Waals surface area (Å²) in [6.07, 6.45) is 13.1. The zero-order valence-electron chi connectivity index (χ0n) is 20.4. The highest BCUT2D eigenvalue weighted by atomic mass is 16.2. The number of fused-ring (bicyclic) bond motifs is 1. The van der Waals surface area contributed by atoms with Gasteiger partial charge in [0.2, 0.25) is 5.91 Å². The topological polar surface area (TPSA) is 133 Å². The van der Waals surface area contributed by atoms with Crippen LogP contribution in [0.15, 0.2) is 37.1 Å². The molecule has 0 aromatic carbocycles. The van der Waals surface area contributed by atoms with Crippen LogP contribution in [0.1, 0.15) is 61.8 Å². The fourth-order valence-corrected chi connectivity index (χ4v) is 5.08. The molecule has 1 atom stereocenters. The molecule has 0 radical (unpaired) electrons. The van der Waals surface area contributed by atoms with Gasteiger partial charge in [-0.1, -0.05) is 19.4 Å². The van der Waals surface area contributed by atoms with Crippen molar-refractivity contribution in [2.75, 3.05) is 13.1 Å². The Morgan fingerprint density at radius 1 is 1.19 bits per heavy atom. The third-order valence-electron chi connectivity index (χ3n) is 7.24. The summed E-state index contributed by atoms with van der Waals surface area (Å²) in [4.78, 5) is 44.8. The van der Waals surface area contributed by atoms with Crippen molar-refractivity contribution < 1.29 is 9.59 Å². The molecule has 0 unspecified atom stereocenters. The van der Waals surface area contributed by atoms with Gasteiger partial charge >= 0.3 is 0 Å². The van der Waals surface area contributed by atoms with E-state index in [1.54, 1.807) is 24.2 Å². The molecule has 2 fully saturated rings. The predicted octanol–water partition coefficient (Wildman–Crippen LogP) is 3.37. The van der Waals surface area contributed by atoms with Crippen LogP contribution in [0.4, 0.5) is 0 Å². The molecule has 0 spiro atoms. The Labute approximate surface area is 209 Å². The van der Waals surface area contributed by atoms with Crippen molar-refractivity contribution in [1.82, 2.24) is 34.7 Å². The molecular weight excluding hydrogens is 456 g/mol. The molecule has 10 heteroatoms. The van der Waals surface area contributed by atoms with E-state index in [-0.39, 0.29) is 11.8 Å². The molecule has 2 N–H and O–H groups in total. The van der Waals surface area contributed by atoms with Crippen molar-refractivity contribution in [3.05, 3.63) is 42.6 Å². The molecule has 2 aliphatic rings. The van der Waals surface area contributed by atoms with Crippen LogP contribution in [0.2, 0.25) is 0 Å². The van der Waals surface area contributed by atoms with Crippen molar-refractivity contribution in [3.8, 4) is 17.5 Å². The van der Waals surface area contributed by atoms with Gasteiger partial charge < -0.3 is 19.8 Å². The van der Waals surface area contributed by atoms with Crippen LogP contribution in [0, 0.1) is 17.2 Å². The molecule has 1 aliphatic heterocycles. The summed E-state index contributed by atoms with van der Waals surface area (Å²) in [6, 6.07) is 1.88. The zero-order chi connectivity index (χ0) is 25.2. The van der Waals surface area contributed by atoms with Gasteiger partial charge in [0.15, 0.2) is 5.65 Å². The number of hydrogen-bond donors (Lipinski definition) is 2. The Hall–Kier alpha value is -4.00. The van der Waals surface area contributed by atoms with Gasteiger partial charge in [0, 0.05) is 37.4 Å². The van der Waals surface area contributed by atoms with E-state index in [4.69, 9.17) is 10.2 Å². The van der Waals surface area contributed by atoms with Crippen molar-refractivity contribution in [2.24, 2.45) is 5.92 Å². The number of nitrogens with one attached hydrogen (secondary N) is 2. The molecule has 3 aromatic rings. The summed E-state index contributed by atoms with van der Waals surface area (Å²) < 4.78 is 2.14. The maximum absolute atomic E-state index is 13.3. The molecule has 2 amide bonds. The molecule has 3 aromatic heterocycles. The first-order chi connectivity index (χ1) is 17.4. The van der Waals surface area contributed by atoms with Gasteiger partial charge in [0.25, 0.3) is 5.91 Å². The van der Waals surface area contributed by atoms with Crippen LogP contribution in [-0.2, 0) is 4.79 Å². The number of piperidine rings is 1. The number of aromatic amines is 1. The highest BCUT2D eigenvalue weighted by molar-refractivity contribution is 6.06. The van der Waals surface area contributed by atoms with Crippen LogP contribution in [0.25, 0.3) is 22.6 Å². The first-order valence-corrected chi connectivity index (χ1v) is 12.5. The maximum Gasteiger partial charge on any atom is 0.256 e. The van der Waals surface area contributed by atoms with Gasteiger partial charge in [-0.2, -0.15) is 5.26 Å². The Morgan fingerprint density at radius 2 is 1.94 bits per heavy atom. The van der Waals surface area contributed by atoms with E-state index in [0.717, 1.165) is 12.8 Å². The third-order valence-corrected chi connectivity index (χ3v) is 7.24. The van der Waals surface area contributed by atoms with E-state index in [1.807, 2.05) is 12.5 Å². The smallest absolute Gasteiger partial charge is 0.256 e. The second-order valence-electron chi connectivity index (χ2n) is 9.78. The fourth-order valence-electron chi connectivity index (χ4n) is 5.08. The minimum atomic E-state index is -0.862. The monoisotopic (exact) mass is 486 g/mol. The standard InChI is InChI=1S/C26H30N8O2/c1-16(2)22(26(36)33-9-7-17(11-27)8-10-33)32-25(35)19-12-28-24-23(19)31-20(13-29-24)21-14-34(15-30-21)18-5-3-4-6-18/h12-15,17-18,22H,1,3-10H2,2H3,(H,28,29)(H,32,35)/t22-/m1/s1. The Balaban J connectivity index is 1.35. The first kappa shape index (κ1) is 23.7. The van der Waals surface area contributed by atoms with Crippen molar-refractivity contribution in [2.45, 2.75) is 57.5 Å². The lowest BCUT2D eigenvalue weighted by Crippen LogP contribution is -2.51. The first-order valence-electron chi connectivity index (χ1n) is 12.5. The maximum atomic E-state index is 13.3. The molecule has 36 heavy (non-hydrogen) atoms. The van der Waals surface area contributed by atoms with Crippen LogP contribution < -0.4 is 5.32 Å². The van der Waals surface area contributed by atoms with E-state index < -0.39 is 11.9 Å². The fraction of sp³-hybridized carbons (Fsp3) is 0.462. The number of hydrogen-bond acceptors (Lipinski definition) is 6. The summed E-state index contributed by atoms with van der Waals surface area (Å²) in [5, 5.41) is 12.0. The molecule has 5 rings (SSSR count). The van der Waals surface area contributed by atoms with E-state index in [0.29, 0.717) is 65.7 Å². The summed E-state index contributed by atoms with van der Waals surface area (Å²) in [7, 11) is 0. The van der Waals surface area contributed by atoms with Crippen LogP contribution in [-0.4, -0.2) is 60.3 Å². The second kappa shape index (κ2) is 9.93. The highest BCUT2D eigenvalue weighted by Crippen LogP contribution is 2.30. The van der Waals surface area contributed by atoms with Crippen molar-refractivity contribution >= 4 is 23.0 Å². The largest absolute Gasteiger partial charge is 0.344 e. The number of rotatable bonds is 6. The number of carbonyl (C=O) groups excluding carboxylic acids is 2. The summed E-state index contributed by atoms with van der Waals surface area (Å²) in [6.45, 7) is 6.63. The molecule has 1 saturated heterocycles. The van der Waals surface area contributed by atoms with Gasteiger partial charge in [0.1, 0.15) is 22.9 Å². The summed E-state index contributed by atoms with van der Waals surface area (Å²) in [5.74, 6) is -0.677. The average Bonchev–Trinajstić information content (AvgIpc) is 3.66. The van der Waals surface area contributed by atoms with Gasteiger partial charge in [-0.05, 0) is 38.2 Å². The molecular formula is C26H30N8O2. The zero-order valence-corrected chi connectivity index (χ0v) is 20.4. The lowest BCUT2D eigenvalue weighted by Gasteiger charge is -2.32. The molecule has 4 heterocycles. The van der Waals surface area contributed by atoms with Gasteiger partial charge in [0.05, 0.1) is 24.2 Å². The van der Waals surface area contributed by atoms with Crippen molar-refractivity contribution in [1.29, 1.82) is 5.26 Å². The van der Waals surface area contributed by atoms with Gasteiger partial charge in [-0.3, -0.25) is 9.59 Å². The number of imidazole rings is 1. The van der Waals surface area contributed by atoms with E-state index in [9.17, 15) is 9.59 Å². The summed E-state index contributed by atoms with van der Waals surface area (Å²) in [5.41, 5.74) is 3.04. The lowest BCUT2D eigenvalue weighted by molar-refractivity contribution is -0.133. The quantitative estimate of drug-likeness (QED) is 0.513. The molecule has 0 bridgehead atoms. The lowest BCUT2D eigenvalue weighted by atomic mass is 9.97. The van der Waals surface area contributed by atoms with E-state index in [2.05, 4.69) is 37.5 Å². The number of amides is 2. The van der Waals surface area contributed by atoms with Crippen LogP contribution in [0.5, 0.6) is 0 Å². The SMILES string of the molecule is C=C(C)[C@@H](NC(=O)c1c[nH]c2ncc(-c3cn(C4CCCC4)cn3)nc12)C(=O)N1CCC(C#N)CC1. The van der Waals surface area contributed by atoms with Gasteiger partial charge in [-0.15, -0.1) is 0 Å². The highest BCUT2D eigenvalue weighted by Gasteiger charge is 2.31. The summed E-state index contributed by atoms with van der Waals surface area (Å²) >= 11 is 0. The molecule has 1 aliphatic carbocycles. The van der Waals surface area contributed by atoms with E-state index >= 15 is 0 Å². The number of carbonyl (C=O) groups is 2.